The standard InChI is InChI=1S/C20H17ClF3N3O/c1-12-5-7-14(8-6-12)13(2)26-19(28)17-4-3-9-27(17)18-16(21)10-15(11-25-18)20(22,23)24/h3-11,13H,1-2H3,(H,26,28)/t13-/m1/s1. The summed E-state index contributed by atoms with van der Waals surface area (Å²) in [4.78, 5) is 16.5. The number of hydrogen-bond acceptors (Lipinski definition) is 2. The van der Waals surface area contributed by atoms with Crippen LogP contribution in [0.3, 0.4) is 0 Å². The molecular weight excluding hydrogens is 391 g/mol. The molecule has 2 aromatic heterocycles. The van der Waals surface area contributed by atoms with E-state index in [0.717, 1.165) is 17.2 Å². The number of benzene rings is 1. The molecule has 0 aliphatic rings. The predicted molar refractivity (Wildman–Crippen MR) is 101 cm³/mol. The molecule has 146 valence electrons. The van der Waals surface area contributed by atoms with Crippen molar-refractivity contribution in [2.24, 2.45) is 0 Å². The van der Waals surface area contributed by atoms with Gasteiger partial charge in [-0.25, -0.2) is 4.98 Å². The van der Waals surface area contributed by atoms with Crippen LogP contribution in [-0.2, 0) is 6.18 Å². The van der Waals surface area contributed by atoms with E-state index in [1.165, 1.54) is 10.8 Å². The van der Waals surface area contributed by atoms with Gasteiger partial charge in [-0.15, -0.1) is 0 Å². The Bertz CT molecular complexity index is 997. The van der Waals surface area contributed by atoms with Gasteiger partial charge in [-0.1, -0.05) is 41.4 Å². The minimum Gasteiger partial charge on any atom is -0.344 e. The zero-order valence-electron chi connectivity index (χ0n) is 15.1. The molecule has 0 spiro atoms. The van der Waals surface area contributed by atoms with E-state index in [-0.39, 0.29) is 22.6 Å². The average molecular weight is 408 g/mol. The van der Waals surface area contributed by atoms with Crippen LogP contribution in [-0.4, -0.2) is 15.5 Å². The van der Waals surface area contributed by atoms with Crippen molar-refractivity contribution in [3.63, 3.8) is 0 Å². The number of aromatic nitrogens is 2. The molecule has 1 atom stereocenters. The largest absolute Gasteiger partial charge is 0.417 e. The molecule has 4 nitrogen and oxygen atoms in total. The van der Waals surface area contributed by atoms with E-state index in [1.54, 1.807) is 12.1 Å². The molecular formula is C20H17ClF3N3O. The van der Waals surface area contributed by atoms with E-state index >= 15 is 0 Å². The highest BCUT2D eigenvalue weighted by Gasteiger charge is 2.32. The van der Waals surface area contributed by atoms with Gasteiger partial charge in [0.05, 0.1) is 16.6 Å². The lowest BCUT2D eigenvalue weighted by Gasteiger charge is -2.16. The summed E-state index contributed by atoms with van der Waals surface area (Å²) in [6.07, 6.45) is -2.33. The first-order valence-corrected chi connectivity index (χ1v) is 8.82. The number of carbonyl (C=O) groups excluding carboxylic acids is 1. The molecule has 0 radical (unpaired) electrons. The molecule has 0 fully saturated rings. The zero-order valence-corrected chi connectivity index (χ0v) is 15.8. The lowest BCUT2D eigenvalue weighted by Crippen LogP contribution is -2.28. The number of carbonyl (C=O) groups is 1. The minimum atomic E-state index is -4.55. The minimum absolute atomic E-state index is 0.0489. The maximum absolute atomic E-state index is 12.8. The van der Waals surface area contributed by atoms with Crippen LogP contribution in [0.5, 0.6) is 0 Å². The monoisotopic (exact) mass is 407 g/mol. The molecule has 2 heterocycles. The first-order chi connectivity index (χ1) is 13.2. The maximum Gasteiger partial charge on any atom is 0.417 e. The Hall–Kier alpha value is -2.80. The fraction of sp³-hybridized carbons (Fsp3) is 0.200. The van der Waals surface area contributed by atoms with Crippen LogP contribution in [0.2, 0.25) is 5.02 Å². The van der Waals surface area contributed by atoms with Gasteiger partial charge in [0.1, 0.15) is 5.69 Å². The van der Waals surface area contributed by atoms with Crippen molar-refractivity contribution in [2.75, 3.05) is 0 Å². The van der Waals surface area contributed by atoms with E-state index in [4.69, 9.17) is 11.6 Å². The third-order valence-corrected chi connectivity index (χ3v) is 4.56. The van der Waals surface area contributed by atoms with Crippen LogP contribution in [0, 0.1) is 6.92 Å². The quantitative estimate of drug-likeness (QED) is 0.634. The first-order valence-electron chi connectivity index (χ1n) is 8.44. The summed E-state index contributed by atoms with van der Waals surface area (Å²) in [7, 11) is 0. The van der Waals surface area contributed by atoms with Crippen molar-refractivity contribution in [3.05, 3.63) is 82.3 Å². The number of rotatable bonds is 4. The van der Waals surface area contributed by atoms with Crippen LogP contribution in [0.1, 0.15) is 40.1 Å². The molecule has 28 heavy (non-hydrogen) atoms. The number of pyridine rings is 1. The van der Waals surface area contributed by atoms with Crippen molar-refractivity contribution in [3.8, 4) is 5.82 Å². The molecule has 1 amide bonds. The molecule has 1 N–H and O–H groups in total. The van der Waals surface area contributed by atoms with E-state index in [0.29, 0.717) is 6.20 Å². The molecule has 8 heteroatoms. The highest BCUT2D eigenvalue weighted by molar-refractivity contribution is 6.32. The summed E-state index contributed by atoms with van der Waals surface area (Å²) in [5.41, 5.74) is 1.31. The van der Waals surface area contributed by atoms with Crippen LogP contribution < -0.4 is 5.32 Å². The Kier molecular flexibility index (Phi) is 5.47. The summed E-state index contributed by atoms with van der Waals surface area (Å²) in [6.45, 7) is 3.82. The van der Waals surface area contributed by atoms with E-state index in [9.17, 15) is 18.0 Å². The number of alkyl halides is 3. The SMILES string of the molecule is Cc1ccc([C@@H](C)NC(=O)c2cccn2-c2ncc(C(F)(F)F)cc2Cl)cc1. The Morgan fingerprint density at radius 1 is 1.21 bits per heavy atom. The zero-order chi connectivity index (χ0) is 20.5. The van der Waals surface area contributed by atoms with Gasteiger partial charge in [-0.3, -0.25) is 9.36 Å². The molecule has 0 aliphatic carbocycles. The van der Waals surface area contributed by atoms with Crippen molar-refractivity contribution >= 4 is 17.5 Å². The molecule has 0 aliphatic heterocycles. The first kappa shape index (κ1) is 19.9. The predicted octanol–water partition coefficient (Wildman–Crippen LogP) is 5.34. The molecule has 3 aromatic rings. The fourth-order valence-corrected chi connectivity index (χ4v) is 2.98. The van der Waals surface area contributed by atoms with E-state index < -0.39 is 17.6 Å². The Morgan fingerprint density at radius 3 is 2.50 bits per heavy atom. The van der Waals surface area contributed by atoms with Crippen LogP contribution >= 0.6 is 11.6 Å². The summed E-state index contributed by atoms with van der Waals surface area (Å²) < 4.78 is 39.8. The van der Waals surface area contributed by atoms with Gasteiger partial charge in [0.25, 0.3) is 5.91 Å². The number of nitrogens with zero attached hydrogens (tertiary/aromatic N) is 2. The number of amides is 1. The van der Waals surface area contributed by atoms with Gasteiger partial charge in [0, 0.05) is 12.4 Å². The van der Waals surface area contributed by atoms with E-state index in [1.807, 2.05) is 38.1 Å². The van der Waals surface area contributed by atoms with Gasteiger partial charge in [-0.05, 0) is 37.6 Å². The second-order valence-corrected chi connectivity index (χ2v) is 6.80. The number of nitrogens with one attached hydrogen (secondary N) is 1. The molecule has 0 unspecified atom stereocenters. The summed E-state index contributed by atoms with van der Waals surface area (Å²) in [5, 5.41) is 2.67. The second kappa shape index (κ2) is 7.67. The van der Waals surface area contributed by atoms with Gasteiger partial charge in [0.2, 0.25) is 0 Å². The van der Waals surface area contributed by atoms with Crippen LogP contribution in [0.4, 0.5) is 13.2 Å². The van der Waals surface area contributed by atoms with Crippen LogP contribution in [0.25, 0.3) is 5.82 Å². The van der Waals surface area contributed by atoms with Crippen molar-refractivity contribution in [1.82, 2.24) is 14.9 Å². The average Bonchev–Trinajstić information content (AvgIpc) is 3.11. The number of hydrogen-bond donors (Lipinski definition) is 1. The maximum atomic E-state index is 12.8. The number of halogens is 4. The lowest BCUT2D eigenvalue weighted by atomic mass is 10.1. The van der Waals surface area contributed by atoms with Crippen molar-refractivity contribution in [2.45, 2.75) is 26.1 Å². The van der Waals surface area contributed by atoms with Crippen molar-refractivity contribution < 1.29 is 18.0 Å². The van der Waals surface area contributed by atoms with Gasteiger partial charge in [-0.2, -0.15) is 13.2 Å². The fourth-order valence-electron chi connectivity index (χ4n) is 2.72. The van der Waals surface area contributed by atoms with E-state index in [2.05, 4.69) is 10.3 Å². The Balaban J connectivity index is 1.85. The normalized spacial score (nSPS) is 12.6. The number of aryl methyl sites for hydroxylation is 1. The van der Waals surface area contributed by atoms with Crippen molar-refractivity contribution in [1.29, 1.82) is 0 Å². The second-order valence-electron chi connectivity index (χ2n) is 6.40. The van der Waals surface area contributed by atoms with Gasteiger partial charge >= 0.3 is 6.18 Å². The molecule has 0 saturated carbocycles. The van der Waals surface area contributed by atoms with Gasteiger partial charge in [0.15, 0.2) is 5.82 Å². The smallest absolute Gasteiger partial charge is 0.344 e. The highest BCUT2D eigenvalue weighted by Crippen LogP contribution is 2.32. The topological polar surface area (TPSA) is 46.9 Å². The highest BCUT2D eigenvalue weighted by atomic mass is 35.5. The van der Waals surface area contributed by atoms with Crippen LogP contribution in [0.15, 0.2) is 54.9 Å². The summed E-state index contributed by atoms with van der Waals surface area (Å²) in [6, 6.07) is 11.4. The summed E-state index contributed by atoms with van der Waals surface area (Å²) >= 11 is 6.00. The Labute approximate surface area is 165 Å². The summed E-state index contributed by atoms with van der Waals surface area (Å²) in [5.74, 6) is -0.344. The third-order valence-electron chi connectivity index (χ3n) is 4.28. The Morgan fingerprint density at radius 2 is 1.89 bits per heavy atom. The molecule has 3 rings (SSSR count). The molecule has 0 saturated heterocycles. The molecule has 0 bridgehead atoms. The third kappa shape index (κ3) is 4.20. The molecule has 1 aromatic carbocycles. The van der Waals surface area contributed by atoms with Gasteiger partial charge < -0.3 is 5.32 Å². The lowest BCUT2D eigenvalue weighted by molar-refractivity contribution is -0.137.